The maximum absolute atomic E-state index is 12.6. The van der Waals surface area contributed by atoms with Crippen molar-refractivity contribution in [3.63, 3.8) is 0 Å². The van der Waals surface area contributed by atoms with E-state index in [1.54, 1.807) is 12.1 Å². The molecule has 1 unspecified atom stereocenters. The second-order valence-electron chi connectivity index (χ2n) is 4.93. The molecular formula is C14H19Cl3N2O2. The van der Waals surface area contributed by atoms with Crippen LogP contribution < -0.4 is 10.1 Å². The predicted octanol–water partition coefficient (Wildman–Crippen LogP) is 3.11. The number of benzene rings is 1. The Balaban J connectivity index is 0.00000220. The lowest BCUT2D eigenvalue weighted by atomic mass is 10.1. The van der Waals surface area contributed by atoms with Gasteiger partial charge in [0.1, 0.15) is 5.75 Å². The second kappa shape index (κ2) is 8.08. The maximum Gasteiger partial charge on any atom is 0.257 e. The molecule has 21 heavy (non-hydrogen) atoms. The summed E-state index contributed by atoms with van der Waals surface area (Å²) in [5.74, 6) is 0.901. The number of carbonyl (C=O) groups excluding carboxylic acids is 1. The molecule has 0 bridgehead atoms. The quantitative estimate of drug-likeness (QED) is 0.904. The Labute approximate surface area is 141 Å². The van der Waals surface area contributed by atoms with E-state index < -0.39 is 0 Å². The van der Waals surface area contributed by atoms with E-state index in [1.165, 1.54) is 7.11 Å². The molecule has 2 rings (SSSR count). The van der Waals surface area contributed by atoms with E-state index >= 15 is 0 Å². The standard InChI is InChI=1S/C14H18Cl2N2O2.ClH/c1-17-7-9-3-4-18(8-9)14(19)10-5-11(15)12(16)6-13(10)20-2;/h5-6,9,17H,3-4,7-8H2,1-2H3;1H. The molecule has 0 saturated carbocycles. The monoisotopic (exact) mass is 352 g/mol. The van der Waals surface area contributed by atoms with Crippen molar-refractivity contribution in [3.8, 4) is 5.75 Å². The van der Waals surface area contributed by atoms with Crippen molar-refractivity contribution >= 4 is 41.5 Å². The van der Waals surface area contributed by atoms with Crippen LogP contribution in [-0.2, 0) is 0 Å². The van der Waals surface area contributed by atoms with Crippen LogP contribution in [0, 0.1) is 5.92 Å². The van der Waals surface area contributed by atoms with Crippen LogP contribution in [0.5, 0.6) is 5.75 Å². The predicted molar refractivity (Wildman–Crippen MR) is 88.2 cm³/mol. The van der Waals surface area contributed by atoms with E-state index in [1.807, 2.05) is 11.9 Å². The average molecular weight is 354 g/mol. The van der Waals surface area contributed by atoms with Gasteiger partial charge in [-0.15, -0.1) is 12.4 Å². The molecule has 7 heteroatoms. The summed E-state index contributed by atoms with van der Waals surface area (Å²) < 4.78 is 5.23. The van der Waals surface area contributed by atoms with Crippen molar-refractivity contribution in [1.29, 1.82) is 0 Å². The highest BCUT2D eigenvalue weighted by Crippen LogP contribution is 2.32. The number of nitrogens with zero attached hydrogens (tertiary/aromatic N) is 1. The first-order chi connectivity index (χ1) is 9.56. The molecule has 1 atom stereocenters. The van der Waals surface area contributed by atoms with Crippen LogP contribution in [0.15, 0.2) is 12.1 Å². The molecule has 1 aromatic carbocycles. The minimum absolute atomic E-state index is 0. The lowest BCUT2D eigenvalue weighted by Gasteiger charge is -2.18. The largest absolute Gasteiger partial charge is 0.496 e. The van der Waals surface area contributed by atoms with Gasteiger partial charge >= 0.3 is 0 Å². The molecule has 1 N–H and O–H groups in total. The highest BCUT2D eigenvalue weighted by Gasteiger charge is 2.28. The first kappa shape index (κ1) is 18.4. The van der Waals surface area contributed by atoms with Gasteiger partial charge < -0.3 is 15.0 Å². The molecule has 1 heterocycles. The van der Waals surface area contributed by atoms with E-state index in [-0.39, 0.29) is 18.3 Å². The van der Waals surface area contributed by atoms with Gasteiger partial charge in [0.2, 0.25) is 0 Å². The van der Waals surface area contributed by atoms with Gasteiger partial charge in [-0.25, -0.2) is 0 Å². The van der Waals surface area contributed by atoms with E-state index in [2.05, 4.69) is 5.32 Å². The zero-order valence-electron chi connectivity index (χ0n) is 12.0. The number of amides is 1. The van der Waals surface area contributed by atoms with Gasteiger partial charge in [-0.1, -0.05) is 23.2 Å². The number of hydrogen-bond donors (Lipinski definition) is 1. The van der Waals surface area contributed by atoms with Crippen LogP contribution in [0.4, 0.5) is 0 Å². The maximum atomic E-state index is 12.6. The molecule has 4 nitrogen and oxygen atoms in total. The number of hydrogen-bond acceptors (Lipinski definition) is 3. The smallest absolute Gasteiger partial charge is 0.257 e. The number of likely N-dealkylation sites (tertiary alicyclic amines) is 1. The van der Waals surface area contributed by atoms with Gasteiger partial charge in [0.15, 0.2) is 0 Å². The van der Waals surface area contributed by atoms with Crippen molar-refractivity contribution < 1.29 is 9.53 Å². The fraction of sp³-hybridized carbons (Fsp3) is 0.500. The number of nitrogens with one attached hydrogen (secondary N) is 1. The molecule has 118 valence electrons. The Morgan fingerprint density at radius 3 is 2.71 bits per heavy atom. The van der Waals surface area contributed by atoms with E-state index in [0.29, 0.717) is 27.3 Å². The number of methoxy groups -OCH3 is 1. The highest BCUT2D eigenvalue weighted by molar-refractivity contribution is 6.42. The Morgan fingerprint density at radius 2 is 2.10 bits per heavy atom. The fourth-order valence-corrected chi connectivity index (χ4v) is 2.82. The number of ether oxygens (including phenoxy) is 1. The summed E-state index contributed by atoms with van der Waals surface area (Å²) in [6.45, 7) is 2.43. The molecule has 1 aliphatic heterocycles. The van der Waals surface area contributed by atoms with Crippen molar-refractivity contribution in [2.75, 3.05) is 33.8 Å². The Hall–Kier alpha value is -0.680. The number of carbonyl (C=O) groups is 1. The van der Waals surface area contributed by atoms with Crippen molar-refractivity contribution in [2.24, 2.45) is 5.92 Å². The van der Waals surface area contributed by atoms with E-state index in [9.17, 15) is 4.79 Å². The first-order valence-corrected chi connectivity index (χ1v) is 7.29. The van der Waals surface area contributed by atoms with Gasteiger partial charge in [0.25, 0.3) is 5.91 Å². The molecule has 0 aromatic heterocycles. The molecule has 0 radical (unpaired) electrons. The van der Waals surface area contributed by atoms with Gasteiger partial charge in [0.05, 0.1) is 22.7 Å². The van der Waals surface area contributed by atoms with Crippen molar-refractivity contribution in [2.45, 2.75) is 6.42 Å². The number of halogens is 3. The van der Waals surface area contributed by atoms with Crippen LogP contribution in [0.2, 0.25) is 10.0 Å². The van der Waals surface area contributed by atoms with Crippen LogP contribution in [-0.4, -0.2) is 44.6 Å². The Bertz CT molecular complexity index is 511. The van der Waals surface area contributed by atoms with Gasteiger partial charge in [-0.3, -0.25) is 4.79 Å². The molecule has 1 aromatic rings. The topological polar surface area (TPSA) is 41.6 Å². The lowest BCUT2D eigenvalue weighted by Crippen LogP contribution is -2.30. The Kier molecular flexibility index (Phi) is 7.07. The second-order valence-corrected chi connectivity index (χ2v) is 5.74. The summed E-state index contributed by atoms with van der Waals surface area (Å²) >= 11 is 12.0. The summed E-state index contributed by atoms with van der Waals surface area (Å²) in [5, 5.41) is 3.89. The summed E-state index contributed by atoms with van der Waals surface area (Å²) in [6, 6.07) is 3.16. The van der Waals surface area contributed by atoms with Crippen molar-refractivity contribution in [3.05, 3.63) is 27.7 Å². The average Bonchev–Trinajstić information content (AvgIpc) is 2.89. The SMILES string of the molecule is CNCC1CCN(C(=O)c2cc(Cl)c(Cl)cc2OC)C1.Cl. The third-order valence-corrected chi connectivity index (χ3v) is 4.26. The fourth-order valence-electron chi connectivity index (χ4n) is 2.51. The van der Waals surface area contributed by atoms with Gasteiger partial charge in [0, 0.05) is 19.2 Å². The van der Waals surface area contributed by atoms with Crippen LogP contribution >= 0.6 is 35.6 Å². The molecule has 1 aliphatic rings. The molecule has 1 saturated heterocycles. The minimum atomic E-state index is -0.0565. The summed E-state index contributed by atoms with van der Waals surface area (Å²) in [4.78, 5) is 14.4. The lowest BCUT2D eigenvalue weighted by molar-refractivity contribution is 0.0784. The zero-order chi connectivity index (χ0) is 14.7. The van der Waals surface area contributed by atoms with Crippen LogP contribution in [0.1, 0.15) is 16.8 Å². The Morgan fingerprint density at radius 1 is 1.43 bits per heavy atom. The molecule has 0 spiro atoms. The first-order valence-electron chi connectivity index (χ1n) is 6.53. The molecule has 1 amide bonds. The molecule has 1 fully saturated rings. The van der Waals surface area contributed by atoms with E-state index in [0.717, 1.165) is 26.1 Å². The molecule has 0 aliphatic carbocycles. The van der Waals surface area contributed by atoms with Crippen LogP contribution in [0.25, 0.3) is 0 Å². The van der Waals surface area contributed by atoms with Gasteiger partial charge in [-0.05, 0) is 32.0 Å². The number of rotatable bonds is 4. The summed E-state index contributed by atoms with van der Waals surface area (Å²) in [5.41, 5.74) is 0.465. The van der Waals surface area contributed by atoms with Crippen molar-refractivity contribution in [1.82, 2.24) is 10.2 Å². The zero-order valence-corrected chi connectivity index (χ0v) is 14.3. The molecular weight excluding hydrogens is 335 g/mol. The minimum Gasteiger partial charge on any atom is -0.496 e. The third-order valence-electron chi connectivity index (χ3n) is 3.54. The van der Waals surface area contributed by atoms with E-state index in [4.69, 9.17) is 27.9 Å². The van der Waals surface area contributed by atoms with Crippen LogP contribution in [0.3, 0.4) is 0 Å². The highest BCUT2D eigenvalue weighted by atomic mass is 35.5. The van der Waals surface area contributed by atoms with Gasteiger partial charge in [-0.2, -0.15) is 0 Å². The third kappa shape index (κ3) is 4.16. The summed E-state index contributed by atoms with van der Waals surface area (Å²) in [6.07, 6.45) is 1.01. The normalized spacial score (nSPS) is 17.5. The summed E-state index contributed by atoms with van der Waals surface area (Å²) in [7, 11) is 3.44.